The van der Waals surface area contributed by atoms with E-state index in [9.17, 15) is 0 Å². The SMILES string of the molecule is N.N.N.O.O=C(O)C(=O)O. The summed E-state index contributed by atoms with van der Waals surface area (Å²) in [6.07, 6.45) is 0. The summed E-state index contributed by atoms with van der Waals surface area (Å²) in [4.78, 5) is 18.2. The second-order valence-electron chi connectivity index (χ2n) is 0.610. The van der Waals surface area contributed by atoms with Crippen molar-refractivity contribution >= 4 is 11.9 Å². The van der Waals surface area contributed by atoms with Crippen LogP contribution in [0.1, 0.15) is 0 Å². The van der Waals surface area contributed by atoms with Gasteiger partial charge < -0.3 is 34.1 Å². The summed E-state index contributed by atoms with van der Waals surface area (Å²) >= 11 is 0. The van der Waals surface area contributed by atoms with Crippen LogP contribution in [0.2, 0.25) is 0 Å². The number of rotatable bonds is 0. The van der Waals surface area contributed by atoms with Crippen molar-refractivity contribution in [3.63, 3.8) is 0 Å². The Morgan fingerprint density at radius 3 is 0.900 bits per heavy atom. The molecule has 0 rings (SSSR count). The third kappa shape index (κ3) is 29.3. The van der Waals surface area contributed by atoms with Gasteiger partial charge in [-0.25, -0.2) is 9.59 Å². The molecular weight excluding hydrogens is 146 g/mol. The maximum Gasteiger partial charge on any atom is 0.414 e. The van der Waals surface area contributed by atoms with Crippen molar-refractivity contribution in [3.05, 3.63) is 0 Å². The molecule has 0 spiro atoms. The Morgan fingerprint density at radius 1 is 0.800 bits per heavy atom. The van der Waals surface area contributed by atoms with Crippen molar-refractivity contribution in [1.82, 2.24) is 18.5 Å². The molecule has 0 fully saturated rings. The number of carbonyl (C=O) groups is 2. The predicted octanol–water partition coefficient (Wildman–Crippen LogP) is -1.18. The van der Waals surface area contributed by atoms with Gasteiger partial charge in [-0.15, -0.1) is 0 Å². The Balaban J connectivity index is -0.0000000208. The standard InChI is InChI=1S/C2H2O4.3H3N.H2O/c3-1(4)2(5)6;;;;/h(H,3,4)(H,5,6);3*1H3;1H2. The molecule has 0 atom stereocenters. The Kier molecular flexibility index (Phi) is 58.2. The van der Waals surface area contributed by atoms with E-state index in [1.165, 1.54) is 0 Å². The summed E-state index contributed by atoms with van der Waals surface area (Å²) in [7, 11) is 0. The third-order valence-corrected chi connectivity index (χ3v) is 0.183. The van der Waals surface area contributed by atoms with E-state index < -0.39 is 11.9 Å². The highest BCUT2D eigenvalue weighted by atomic mass is 16.4. The maximum atomic E-state index is 9.10. The van der Waals surface area contributed by atoms with E-state index in [1.807, 2.05) is 0 Å². The predicted molar refractivity (Wildman–Crippen MR) is 34.0 cm³/mol. The minimum atomic E-state index is -1.82. The van der Waals surface area contributed by atoms with Gasteiger partial charge in [-0.05, 0) is 0 Å². The Bertz CT molecular complexity index is 80.9. The summed E-state index contributed by atoms with van der Waals surface area (Å²) in [5, 5.41) is 14.8. The summed E-state index contributed by atoms with van der Waals surface area (Å²) in [5.74, 6) is -3.65. The highest BCUT2D eigenvalue weighted by Gasteiger charge is 2.04. The van der Waals surface area contributed by atoms with E-state index in [0.717, 1.165) is 0 Å². The lowest BCUT2D eigenvalue weighted by Gasteiger charge is -1.72. The average Bonchev–Trinajstić information content (AvgIpc) is 1.36. The highest BCUT2D eigenvalue weighted by molar-refractivity contribution is 6.27. The number of aliphatic carboxylic acids is 2. The molecule has 0 heterocycles. The lowest BCUT2D eigenvalue weighted by Crippen LogP contribution is -2.09. The Hall–Kier alpha value is -1.22. The summed E-state index contributed by atoms with van der Waals surface area (Å²) < 4.78 is 0. The molecule has 0 radical (unpaired) electrons. The molecule has 0 aliphatic rings. The molecule has 0 aromatic carbocycles. The number of carboxylic acid groups (broad SMARTS) is 2. The molecule has 0 aliphatic heterocycles. The van der Waals surface area contributed by atoms with Crippen molar-refractivity contribution in [3.8, 4) is 0 Å². The van der Waals surface area contributed by atoms with Gasteiger partial charge in [-0.1, -0.05) is 0 Å². The molecule has 0 aliphatic carbocycles. The minimum absolute atomic E-state index is 0. The zero-order valence-corrected chi connectivity index (χ0v) is 5.33. The second kappa shape index (κ2) is 15.7. The van der Waals surface area contributed by atoms with Crippen LogP contribution in [0, 0.1) is 0 Å². The molecule has 0 unspecified atom stereocenters. The van der Waals surface area contributed by atoms with Crippen LogP contribution in [0.15, 0.2) is 0 Å². The smallest absolute Gasteiger partial charge is 0.414 e. The first-order chi connectivity index (χ1) is 2.64. The van der Waals surface area contributed by atoms with E-state index in [-0.39, 0.29) is 23.9 Å². The van der Waals surface area contributed by atoms with Crippen LogP contribution in [0.4, 0.5) is 0 Å². The quantitative estimate of drug-likeness (QED) is 0.272. The van der Waals surface area contributed by atoms with E-state index >= 15 is 0 Å². The first-order valence-corrected chi connectivity index (χ1v) is 1.11. The molecule has 8 heteroatoms. The van der Waals surface area contributed by atoms with Crippen molar-refractivity contribution in [2.45, 2.75) is 0 Å². The van der Waals surface area contributed by atoms with Crippen molar-refractivity contribution < 1.29 is 25.3 Å². The van der Waals surface area contributed by atoms with E-state index in [2.05, 4.69) is 0 Å². The first-order valence-electron chi connectivity index (χ1n) is 1.11. The molecule has 13 N–H and O–H groups in total. The van der Waals surface area contributed by atoms with Crippen LogP contribution < -0.4 is 18.5 Å². The van der Waals surface area contributed by atoms with Crippen molar-refractivity contribution in [1.29, 1.82) is 0 Å². The zero-order chi connectivity index (χ0) is 5.15. The molecule has 10 heavy (non-hydrogen) atoms. The number of hydrogen-bond acceptors (Lipinski definition) is 5. The molecule has 0 amide bonds. The third-order valence-electron chi connectivity index (χ3n) is 0.183. The first kappa shape index (κ1) is 37.2. The summed E-state index contributed by atoms with van der Waals surface area (Å²) in [6, 6.07) is 0. The van der Waals surface area contributed by atoms with Gasteiger partial charge in [0.25, 0.3) is 0 Å². The molecule has 0 saturated heterocycles. The maximum absolute atomic E-state index is 9.10. The van der Waals surface area contributed by atoms with Crippen LogP contribution in [-0.4, -0.2) is 27.6 Å². The van der Waals surface area contributed by atoms with Crippen LogP contribution in [0.25, 0.3) is 0 Å². The molecule has 0 saturated carbocycles. The van der Waals surface area contributed by atoms with Crippen molar-refractivity contribution in [2.75, 3.05) is 0 Å². The normalized spacial score (nSPS) is 4.40. The molecule has 0 aromatic rings. The molecule has 66 valence electrons. The van der Waals surface area contributed by atoms with E-state index in [4.69, 9.17) is 19.8 Å². The monoisotopic (exact) mass is 159 g/mol. The van der Waals surface area contributed by atoms with Crippen LogP contribution in [-0.2, 0) is 9.59 Å². The van der Waals surface area contributed by atoms with Gasteiger partial charge in [-0.3, -0.25) is 0 Å². The number of carboxylic acids is 2. The zero-order valence-electron chi connectivity index (χ0n) is 5.33. The van der Waals surface area contributed by atoms with E-state index in [1.54, 1.807) is 0 Å². The fourth-order valence-electron chi connectivity index (χ4n) is 0. The lowest BCUT2D eigenvalue weighted by molar-refractivity contribution is -0.159. The van der Waals surface area contributed by atoms with Gasteiger partial charge in [-0.2, -0.15) is 0 Å². The summed E-state index contributed by atoms with van der Waals surface area (Å²) in [6.45, 7) is 0. The topological polar surface area (TPSA) is 211 Å². The Labute approximate surface area is 56.9 Å². The number of hydrogen-bond donors (Lipinski definition) is 5. The van der Waals surface area contributed by atoms with Gasteiger partial charge in [0, 0.05) is 0 Å². The van der Waals surface area contributed by atoms with Crippen molar-refractivity contribution in [2.24, 2.45) is 0 Å². The van der Waals surface area contributed by atoms with Gasteiger partial charge in [0.2, 0.25) is 0 Å². The van der Waals surface area contributed by atoms with Gasteiger partial charge in [0.05, 0.1) is 0 Å². The average molecular weight is 159 g/mol. The van der Waals surface area contributed by atoms with Crippen LogP contribution in [0.3, 0.4) is 0 Å². The highest BCUT2D eigenvalue weighted by Crippen LogP contribution is 1.56. The van der Waals surface area contributed by atoms with Gasteiger partial charge in [0.1, 0.15) is 0 Å². The molecule has 8 nitrogen and oxygen atoms in total. The van der Waals surface area contributed by atoms with Gasteiger partial charge >= 0.3 is 11.9 Å². The second-order valence-corrected chi connectivity index (χ2v) is 0.610. The largest absolute Gasteiger partial charge is 0.473 e. The van der Waals surface area contributed by atoms with Gasteiger partial charge in [0.15, 0.2) is 0 Å². The fourth-order valence-corrected chi connectivity index (χ4v) is 0. The molecular formula is C2H13N3O5. The minimum Gasteiger partial charge on any atom is -0.473 e. The molecule has 0 aromatic heterocycles. The van der Waals surface area contributed by atoms with Crippen LogP contribution in [0.5, 0.6) is 0 Å². The summed E-state index contributed by atoms with van der Waals surface area (Å²) in [5.41, 5.74) is 0. The van der Waals surface area contributed by atoms with E-state index in [0.29, 0.717) is 0 Å². The molecule has 0 bridgehead atoms. The van der Waals surface area contributed by atoms with Crippen LogP contribution >= 0.6 is 0 Å². The lowest BCUT2D eigenvalue weighted by atomic mass is 10.7. The fraction of sp³-hybridized carbons (Fsp3) is 0. The Morgan fingerprint density at radius 2 is 0.900 bits per heavy atom.